The summed E-state index contributed by atoms with van der Waals surface area (Å²) in [4.78, 5) is 23.6. The average Bonchev–Trinajstić information content (AvgIpc) is 2.82. The van der Waals surface area contributed by atoms with Gasteiger partial charge in [0.25, 0.3) is 0 Å². The van der Waals surface area contributed by atoms with Gasteiger partial charge in [-0.25, -0.2) is 9.59 Å². The Balaban J connectivity index is 2.43. The summed E-state index contributed by atoms with van der Waals surface area (Å²) >= 11 is 3.37. The molecule has 1 aromatic heterocycles. The van der Waals surface area contributed by atoms with Crippen LogP contribution >= 0.6 is 15.9 Å². The molecule has 0 saturated carbocycles. The van der Waals surface area contributed by atoms with Gasteiger partial charge >= 0.3 is 11.9 Å². The molecule has 2 rings (SSSR count). The summed E-state index contributed by atoms with van der Waals surface area (Å²) < 4.78 is 21.5. The van der Waals surface area contributed by atoms with Gasteiger partial charge in [-0.15, -0.1) is 0 Å². The molecular formula is C16H17BrO6. The number of carbonyl (C=O) groups is 2. The van der Waals surface area contributed by atoms with E-state index in [9.17, 15) is 9.59 Å². The largest absolute Gasteiger partial charge is 0.478 e. The zero-order chi connectivity index (χ0) is 17.1. The Morgan fingerprint density at radius 1 is 1.35 bits per heavy atom. The Morgan fingerprint density at radius 2 is 2.04 bits per heavy atom. The summed E-state index contributed by atoms with van der Waals surface area (Å²) in [5, 5.41) is 0.559. The summed E-state index contributed by atoms with van der Waals surface area (Å²) in [5.74, 6) is -0.0950. The summed E-state index contributed by atoms with van der Waals surface area (Å²) in [5.41, 5.74) is 0.856. The van der Waals surface area contributed by atoms with Crippen molar-refractivity contribution in [1.82, 2.24) is 0 Å². The predicted molar refractivity (Wildman–Crippen MR) is 86.7 cm³/mol. The highest BCUT2D eigenvalue weighted by Gasteiger charge is 2.22. The summed E-state index contributed by atoms with van der Waals surface area (Å²) in [6.45, 7) is 5.28. The predicted octanol–water partition coefficient (Wildman–Crippen LogP) is 3.62. The molecule has 6 nitrogen and oxygen atoms in total. The van der Waals surface area contributed by atoms with Gasteiger partial charge in [-0.05, 0) is 48.8 Å². The van der Waals surface area contributed by atoms with Crippen molar-refractivity contribution in [2.75, 3.05) is 13.7 Å². The number of halogens is 1. The van der Waals surface area contributed by atoms with E-state index in [-0.39, 0.29) is 6.61 Å². The number of benzene rings is 1. The Kier molecular flexibility index (Phi) is 5.30. The molecule has 1 heterocycles. The topological polar surface area (TPSA) is 75.0 Å². The first kappa shape index (κ1) is 17.3. The highest BCUT2D eigenvalue weighted by atomic mass is 79.9. The fourth-order valence-corrected chi connectivity index (χ4v) is 2.58. The van der Waals surface area contributed by atoms with E-state index < -0.39 is 18.0 Å². The standard InChI is InChI=1S/C16H17BrO6/c1-5-21-15(18)9(3)23-13-6-10-12(7-11(13)17)22-8(2)14(10)16(19)20-4/h6-7,9H,5H2,1-4H3/t9-/m0/s1. The smallest absolute Gasteiger partial charge is 0.347 e. The minimum Gasteiger partial charge on any atom is -0.478 e. The lowest BCUT2D eigenvalue weighted by molar-refractivity contribution is -0.150. The maximum atomic E-state index is 11.9. The summed E-state index contributed by atoms with van der Waals surface area (Å²) in [6.07, 6.45) is -0.779. The first-order valence-electron chi connectivity index (χ1n) is 7.03. The van der Waals surface area contributed by atoms with Gasteiger partial charge < -0.3 is 18.6 Å². The lowest BCUT2D eigenvalue weighted by atomic mass is 10.1. The van der Waals surface area contributed by atoms with Crippen LogP contribution in [0, 0.1) is 6.92 Å². The molecule has 0 saturated heterocycles. The highest BCUT2D eigenvalue weighted by molar-refractivity contribution is 9.10. The second kappa shape index (κ2) is 7.04. The molecule has 0 fully saturated rings. The van der Waals surface area contributed by atoms with E-state index in [1.165, 1.54) is 7.11 Å². The van der Waals surface area contributed by atoms with Crippen LogP contribution in [0.15, 0.2) is 21.0 Å². The van der Waals surface area contributed by atoms with Crippen LogP contribution in [0.1, 0.15) is 30.0 Å². The molecule has 0 bridgehead atoms. The highest BCUT2D eigenvalue weighted by Crippen LogP contribution is 2.35. The van der Waals surface area contributed by atoms with Gasteiger partial charge in [0, 0.05) is 5.39 Å². The fraction of sp³-hybridized carbons (Fsp3) is 0.375. The van der Waals surface area contributed by atoms with E-state index >= 15 is 0 Å². The third kappa shape index (κ3) is 3.50. The molecule has 0 aliphatic heterocycles. The van der Waals surface area contributed by atoms with Gasteiger partial charge in [-0.1, -0.05) is 0 Å². The molecule has 2 aromatic rings. The van der Waals surface area contributed by atoms with Crippen molar-refractivity contribution < 1.29 is 28.2 Å². The lowest BCUT2D eigenvalue weighted by Gasteiger charge is -2.14. The van der Waals surface area contributed by atoms with Crippen LogP contribution in [0.25, 0.3) is 11.0 Å². The van der Waals surface area contributed by atoms with E-state index in [0.717, 1.165) is 0 Å². The number of rotatable bonds is 5. The molecule has 0 aliphatic rings. The second-order valence-corrected chi connectivity index (χ2v) is 5.67. The van der Waals surface area contributed by atoms with Crippen molar-refractivity contribution in [3.63, 3.8) is 0 Å². The van der Waals surface area contributed by atoms with Crippen molar-refractivity contribution in [1.29, 1.82) is 0 Å². The van der Waals surface area contributed by atoms with Crippen LogP contribution < -0.4 is 4.74 Å². The van der Waals surface area contributed by atoms with E-state index in [1.54, 1.807) is 32.9 Å². The molecule has 0 aliphatic carbocycles. The van der Waals surface area contributed by atoms with Crippen LogP contribution in [0.2, 0.25) is 0 Å². The number of fused-ring (bicyclic) bond motifs is 1. The molecule has 0 unspecified atom stereocenters. The van der Waals surface area contributed by atoms with Crippen LogP contribution in [0.3, 0.4) is 0 Å². The monoisotopic (exact) mass is 384 g/mol. The third-order valence-electron chi connectivity index (χ3n) is 3.23. The second-order valence-electron chi connectivity index (χ2n) is 4.82. The van der Waals surface area contributed by atoms with Gasteiger partial charge in [0.05, 0.1) is 18.2 Å². The van der Waals surface area contributed by atoms with Gasteiger partial charge in [0.2, 0.25) is 0 Å². The number of methoxy groups -OCH3 is 1. The van der Waals surface area contributed by atoms with Crippen LogP contribution in [-0.2, 0) is 14.3 Å². The quantitative estimate of drug-likeness (QED) is 0.732. The van der Waals surface area contributed by atoms with Crippen molar-refractivity contribution >= 4 is 38.8 Å². The Morgan fingerprint density at radius 3 is 2.65 bits per heavy atom. The van der Waals surface area contributed by atoms with Crippen molar-refractivity contribution in [3.8, 4) is 5.75 Å². The number of carbonyl (C=O) groups excluding carboxylic acids is 2. The SMILES string of the molecule is CCOC(=O)[C@H](C)Oc1cc2c(C(=O)OC)c(C)oc2cc1Br. The summed E-state index contributed by atoms with van der Waals surface area (Å²) in [7, 11) is 1.31. The van der Waals surface area contributed by atoms with Crippen LogP contribution in [-0.4, -0.2) is 31.8 Å². The van der Waals surface area contributed by atoms with Gasteiger partial charge in [0.15, 0.2) is 6.10 Å². The molecule has 0 spiro atoms. The number of furan rings is 1. The van der Waals surface area contributed by atoms with Gasteiger partial charge in [-0.3, -0.25) is 0 Å². The molecule has 23 heavy (non-hydrogen) atoms. The average molecular weight is 385 g/mol. The molecule has 124 valence electrons. The number of hydrogen-bond donors (Lipinski definition) is 0. The molecule has 0 amide bonds. The first-order chi connectivity index (χ1) is 10.9. The first-order valence-corrected chi connectivity index (χ1v) is 7.82. The molecule has 1 aromatic carbocycles. The van der Waals surface area contributed by atoms with E-state index in [2.05, 4.69) is 15.9 Å². The zero-order valence-corrected chi connectivity index (χ0v) is 14.9. The van der Waals surface area contributed by atoms with Gasteiger partial charge in [0.1, 0.15) is 22.7 Å². The molecular weight excluding hydrogens is 368 g/mol. The van der Waals surface area contributed by atoms with Crippen molar-refractivity contribution in [2.45, 2.75) is 26.9 Å². The fourth-order valence-electron chi connectivity index (χ4n) is 2.16. The number of aryl methyl sites for hydroxylation is 1. The molecule has 0 N–H and O–H groups in total. The lowest BCUT2D eigenvalue weighted by Crippen LogP contribution is -2.26. The third-order valence-corrected chi connectivity index (χ3v) is 3.85. The molecule has 1 atom stereocenters. The molecule has 0 radical (unpaired) electrons. The minimum absolute atomic E-state index is 0.278. The number of esters is 2. The molecule has 7 heteroatoms. The van der Waals surface area contributed by atoms with Gasteiger partial charge in [-0.2, -0.15) is 0 Å². The Hall–Kier alpha value is -2.02. The van der Waals surface area contributed by atoms with E-state index in [4.69, 9.17) is 18.6 Å². The number of ether oxygens (including phenoxy) is 3. The summed E-state index contributed by atoms with van der Waals surface area (Å²) in [6, 6.07) is 3.32. The van der Waals surface area contributed by atoms with Crippen molar-refractivity contribution in [2.24, 2.45) is 0 Å². The number of hydrogen-bond acceptors (Lipinski definition) is 6. The maximum absolute atomic E-state index is 11.9. The van der Waals surface area contributed by atoms with Crippen LogP contribution in [0.4, 0.5) is 0 Å². The Labute approximate surface area is 141 Å². The van der Waals surface area contributed by atoms with E-state index in [1.807, 2.05) is 0 Å². The van der Waals surface area contributed by atoms with Crippen LogP contribution in [0.5, 0.6) is 5.75 Å². The normalized spacial score (nSPS) is 12.0. The van der Waals surface area contributed by atoms with Crippen molar-refractivity contribution in [3.05, 3.63) is 27.9 Å². The minimum atomic E-state index is -0.779. The Bertz CT molecular complexity index is 749. The zero-order valence-electron chi connectivity index (χ0n) is 13.3. The van der Waals surface area contributed by atoms with E-state index in [0.29, 0.717) is 32.5 Å². The maximum Gasteiger partial charge on any atom is 0.347 e.